The van der Waals surface area contributed by atoms with E-state index in [-0.39, 0.29) is 5.91 Å². The van der Waals surface area contributed by atoms with Crippen LogP contribution < -0.4 is 4.74 Å². The molecule has 3 rings (SSSR count). The van der Waals surface area contributed by atoms with Gasteiger partial charge in [-0.2, -0.15) is 4.98 Å². The first kappa shape index (κ1) is 18.4. The van der Waals surface area contributed by atoms with Crippen LogP contribution in [0.5, 0.6) is 5.75 Å². The predicted octanol–water partition coefficient (Wildman–Crippen LogP) is 2.56. The smallest absolute Gasteiger partial charge is 0.226 e. The van der Waals surface area contributed by atoms with Gasteiger partial charge in [-0.3, -0.25) is 4.79 Å². The van der Waals surface area contributed by atoms with Crippen molar-refractivity contribution < 1.29 is 18.8 Å². The van der Waals surface area contributed by atoms with Crippen LogP contribution in [0, 0.1) is 5.92 Å². The lowest BCUT2D eigenvalue weighted by Crippen LogP contribution is -2.29. The summed E-state index contributed by atoms with van der Waals surface area (Å²) in [7, 11) is 3.31. The third-order valence-corrected chi connectivity index (χ3v) is 4.64. The average Bonchev–Trinajstić information content (AvgIpc) is 3.32. The lowest BCUT2D eigenvalue weighted by atomic mass is 10.1. The zero-order valence-electron chi connectivity index (χ0n) is 15.3. The standard InChI is InChI=1S/C19H25N3O4/c1-24-13-14-10-11-22(12-14)18(23)9-5-8-17-20-19(21-26-17)15-6-3-4-7-16(15)25-2/h3-4,6-7,14H,5,8-13H2,1-2H3/t14-/m1/s1. The van der Waals surface area contributed by atoms with Gasteiger partial charge in [0.15, 0.2) is 0 Å². The van der Waals surface area contributed by atoms with Crippen molar-refractivity contribution in [2.45, 2.75) is 25.7 Å². The maximum Gasteiger partial charge on any atom is 0.226 e. The summed E-state index contributed by atoms with van der Waals surface area (Å²) in [6.07, 6.45) is 2.79. The van der Waals surface area contributed by atoms with E-state index in [0.29, 0.717) is 42.6 Å². The Kier molecular flexibility index (Phi) is 6.22. The third kappa shape index (κ3) is 4.40. The average molecular weight is 359 g/mol. The van der Waals surface area contributed by atoms with Crippen LogP contribution in [0.4, 0.5) is 0 Å². The highest BCUT2D eigenvalue weighted by Gasteiger charge is 2.25. The second kappa shape index (κ2) is 8.80. The van der Waals surface area contributed by atoms with E-state index in [1.54, 1.807) is 14.2 Å². The summed E-state index contributed by atoms with van der Waals surface area (Å²) >= 11 is 0. The molecular weight excluding hydrogens is 334 g/mol. The zero-order valence-corrected chi connectivity index (χ0v) is 15.3. The summed E-state index contributed by atoms with van der Waals surface area (Å²) in [5.41, 5.74) is 0.794. The predicted molar refractivity (Wildman–Crippen MR) is 95.8 cm³/mol. The first-order valence-electron chi connectivity index (χ1n) is 8.94. The highest BCUT2D eigenvalue weighted by atomic mass is 16.5. The molecule has 1 aromatic carbocycles. The molecule has 0 bridgehead atoms. The topological polar surface area (TPSA) is 77.7 Å². The van der Waals surface area contributed by atoms with Crippen LogP contribution >= 0.6 is 0 Å². The number of amides is 1. The molecule has 0 aliphatic carbocycles. The Bertz CT molecular complexity index is 731. The molecular formula is C19H25N3O4. The first-order valence-corrected chi connectivity index (χ1v) is 8.94. The first-order chi connectivity index (χ1) is 12.7. The van der Waals surface area contributed by atoms with Gasteiger partial charge in [0.05, 0.1) is 19.3 Å². The second-order valence-electron chi connectivity index (χ2n) is 6.52. The fourth-order valence-corrected chi connectivity index (χ4v) is 3.28. The summed E-state index contributed by atoms with van der Waals surface area (Å²) in [5.74, 6) is 2.40. The van der Waals surface area contributed by atoms with Crippen LogP contribution in [0.15, 0.2) is 28.8 Å². The lowest BCUT2D eigenvalue weighted by Gasteiger charge is -2.16. The Hall–Kier alpha value is -2.41. The van der Waals surface area contributed by atoms with Gasteiger partial charge in [0.1, 0.15) is 5.75 Å². The van der Waals surface area contributed by atoms with E-state index in [4.69, 9.17) is 14.0 Å². The summed E-state index contributed by atoms with van der Waals surface area (Å²) in [4.78, 5) is 18.6. The minimum absolute atomic E-state index is 0.188. The fraction of sp³-hybridized carbons (Fsp3) is 0.526. The highest BCUT2D eigenvalue weighted by molar-refractivity contribution is 5.76. The van der Waals surface area contributed by atoms with Crippen LogP contribution in [0.25, 0.3) is 11.4 Å². The molecule has 140 valence electrons. The molecule has 7 heteroatoms. The van der Waals surface area contributed by atoms with E-state index in [1.165, 1.54) is 0 Å². The van der Waals surface area contributed by atoms with Crippen LogP contribution in [0.3, 0.4) is 0 Å². The van der Waals surface area contributed by atoms with Crippen LogP contribution in [0.1, 0.15) is 25.2 Å². The maximum absolute atomic E-state index is 12.3. The molecule has 0 unspecified atom stereocenters. The largest absolute Gasteiger partial charge is 0.496 e. The minimum atomic E-state index is 0.188. The summed E-state index contributed by atoms with van der Waals surface area (Å²) in [6.45, 7) is 2.34. The molecule has 26 heavy (non-hydrogen) atoms. The van der Waals surface area contributed by atoms with Crippen molar-refractivity contribution in [1.82, 2.24) is 15.0 Å². The molecule has 2 aromatic rings. The van der Waals surface area contributed by atoms with E-state index >= 15 is 0 Å². The van der Waals surface area contributed by atoms with E-state index in [2.05, 4.69) is 10.1 Å². The van der Waals surface area contributed by atoms with E-state index in [1.807, 2.05) is 29.2 Å². The van der Waals surface area contributed by atoms with Crippen molar-refractivity contribution in [3.63, 3.8) is 0 Å². The van der Waals surface area contributed by atoms with E-state index in [9.17, 15) is 4.79 Å². The molecule has 1 aromatic heterocycles. The van der Waals surface area contributed by atoms with Gasteiger partial charge in [-0.25, -0.2) is 0 Å². The number of nitrogens with zero attached hydrogens (tertiary/aromatic N) is 3. The number of benzene rings is 1. The number of ether oxygens (including phenoxy) is 2. The number of aromatic nitrogens is 2. The number of hydrogen-bond acceptors (Lipinski definition) is 6. The van der Waals surface area contributed by atoms with Gasteiger partial charge in [0.2, 0.25) is 17.6 Å². The van der Waals surface area contributed by atoms with Gasteiger partial charge < -0.3 is 18.9 Å². The van der Waals surface area contributed by atoms with Crippen molar-refractivity contribution in [2.24, 2.45) is 5.92 Å². The molecule has 1 aliphatic heterocycles. The van der Waals surface area contributed by atoms with Gasteiger partial charge in [0.25, 0.3) is 0 Å². The summed E-state index contributed by atoms with van der Waals surface area (Å²) < 4.78 is 15.8. The molecule has 0 spiro atoms. The summed E-state index contributed by atoms with van der Waals surface area (Å²) in [6, 6.07) is 7.54. The Morgan fingerprint density at radius 3 is 3.00 bits per heavy atom. The maximum atomic E-state index is 12.3. The lowest BCUT2D eigenvalue weighted by molar-refractivity contribution is -0.130. The molecule has 0 saturated carbocycles. The molecule has 1 amide bonds. The van der Waals surface area contributed by atoms with Gasteiger partial charge in [-0.15, -0.1) is 0 Å². The Morgan fingerprint density at radius 2 is 2.19 bits per heavy atom. The second-order valence-corrected chi connectivity index (χ2v) is 6.52. The Balaban J connectivity index is 1.49. The van der Waals surface area contributed by atoms with Crippen molar-refractivity contribution in [3.05, 3.63) is 30.2 Å². The molecule has 2 heterocycles. The molecule has 7 nitrogen and oxygen atoms in total. The number of hydrogen-bond donors (Lipinski definition) is 0. The van der Waals surface area contributed by atoms with Crippen molar-refractivity contribution >= 4 is 5.91 Å². The van der Waals surface area contributed by atoms with E-state index in [0.717, 1.165) is 31.7 Å². The van der Waals surface area contributed by atoms with Gasteiger partial charge in [-0.1, -0.05) is 17.3 Å². The number of aryl methyl sites for hydroxylation is 1. The van der Waals surface area contributed by atoms with Crippen LogP contribution in [-0.4, -0.2) is 54.9 Å². The van der Waals surface area contributed by atoms with Crippen LogP contribution in [0.2, 0.25) is 0 Å². The van der Waals surface area contributed by atoms with Crippen LogP contribution in [-0.2, 0) is 16.0 Å². The fourth-order valence-electron chi connectivity index (χ4n) is 3.28. The number of para-hydroxylation sites is 1. The Morgan fingerprint density at radius 1 is 1.35 bits per heavy atom. The number of likely N-dealkylation sites (tertiary alicyclic amines) is 1. The number of carbonyl (C=O) groups is 1. The Labute approximate surface area is 153 Å². The number of rotatable bonds is 8. The SMILES string of the molecule is COC[C@@H]1CCN(C(=O)CCCc2nc(-c3ccccc3OC)no2)C1. The van der Waals surface area contributed by atoms with Crippen molar-refractivity contribution in [1.29, 1.82) is 0 Å². The molecule has 0 radical (unpaired) electrons. The summed E-state index contributed by atoms with van der Waals surface area (Å²) in [5, 5.41) is 4.03. The molecule has 1 atom stereocenters. The van der Waals surface area contributed by atoms with Gasteiger partial charge in [-0.05, 0) is 25.0 Å². The third-order valence-electron chi connectivity index (χ3n) is 4.64. The normalized spacial score (nSPS) is 16.8. The monoisotopic (exact) mass is 359 g/mol. The molecule has 1 fully saturated rings. The van der Waals surface area contributed by atoms with Gasteiger partial charge >= 0.3 is 0 Å². The molecule has 0 N–H and O–H groups in total. The quantitative estimate of drug-likeness (QED) is 0.721. The number of carbonyl (C=O) groups excluding carboxylic acids is 1. The molecule has 1 aliphatic rings. The van der Waals surface area contributed by atoms with Crippen molar-refractivity contribution in [2.75, 3.05) is 33.9 Å². The highest BCUT2D eigenvalue weighted by Crippen LogP contribution is 2.27. The minimum Gasteiger partial charge on any atom is -0.496 e. The zero-order chi connectivity index (χ0) is 18.4. The van der Waals surface area contributed by atoms with Crippen molar-refractivity contribution in [3.8, 4) is 17.1 Å². The van der Waals surface area contributed by atoms with Gasteiger partial charge in [0, 0.05) is 39.0 Å². The molecule has 1 saturated heterocycles. The van der Waals surface area contributed by atoms with E-state index < -0.39 is 0 Å². The number of methoxy groups -OCH3 is 2.